The summed E-state index contributed by atoms with van der Waals surface area (Å²) in [5.74, 6) is 0.409. The molecule has 2 aromatic rings. The van der Waals surface area contributed by atoms with Crippen LogP contribution in [0.15, 0.2) is 28.7 Å². The van der Waals surface area contributed by atoms with Crippen LogP contribution in [0.3, 0.4) is 0 Å². The van der Waals surface area contributed by atoms with E-state index in [2.05, 4.69) is 27.0 Å². The van der Waals surface area contributed by atoms with Gasteiger partial charge in [-0.2, -0.15) is 5.26 Å². The van der Waals surface area contributed by atoms with Crippen LogP contribution < -0.4 is 4.90 Å². The monoisotopic (exact) mass is 307 g/mol. The third kappa shape index (κ3) is 2.59. The maximum atomic E-state index is 13.4. The van der Waals surface area contributed by atoms with Gasteiger partial charge in [0.05, 0.1) is 22.5 Å². The van der Waals surface area contributed by atoms with Crippen LogP contribution in [0.2, 0.25) is 0 Å². The first-order valence-corrected chi connectivity index (χ1v) is 6.25. The van der Waals surface area contributed by atoms with Gasteiger partial charge in [-0.25, -0.2) is 9.37 Å². The molecule has 0 aliphatic heterocycles. The standard InChI is InChI=1S/C13H11BrFN3/c1-18(6-2-5-16)13-4-3-9-7-10(14)11(15)8-12(9)17-13/h3-4,7-8H,2,6H2,1H3. The van der Waals surface area contributed by atoms with E-state index in [9.17, 15) is 4.39 Å². The van der Waals surface area contributed by atoms with Gasteiger partial charge in [-0.15, -0.1) is 0 Å². The topological polar surface area (TPSA) is 39.9 Å². The van der Waals surface area contributed by atoms with Crippen LogP contribution in [0.25, 0.3) is 10.9 Å². The van der Waals surface area contributed by atoms with Gasteiger partial charge < -0.3 is 4.90 Å². The summed E-state index contributed by atoms with van der Waals surface area (Å²) >= 11 is 3.15. The molecule has 0 atom stereocenters. The first kappa shape index (κ1) is 12.8. The largest absolute Gasteiger partial charge is 0.359 e. The molecule has 0 saturated heterocycles. The zero-order chi connectivity index (χ0) is 13.1. The van der Waals surface area contributed by atoms with Crippen molar-refractivity contribution in [2.75, 3.05) is 18.5 Å². The molecule has 0 amide bonds. The van der Waals surface area contributed by atoms with Crippen LogP contribution in [0, 0.1) is 17.1 Å². The number of fused-ring (bicyclic) bond motifs is 1. The predicted octanol–water partition coefficient (Wildman–Crippen LogP) is 3.49. The average molecular weight is 308 g/mol. The molecule has 3 nitrogen and oxygen atoms in total. The van der Waals surface area contributed by atoms with Crippen molar-refractivity contribution >= 4 is 32.7 Å². The maximum Gasteiger partial charge on any atom is 0.139 e. The number of benzene rings is 1. The van der Waals surface area contributed by atoms with E-state index in [0.717, 1.165) is 11.2 Å². The number of halogens is 2. The van der Waals surface area contributed by atoms with Crippen LogP contribution in [0.4, 0.5) is 10.2 Å². The fraction of sp³-hybridized carbons (Fsp3) is 0.231. The highest BCUT2D eigenvalue weighted by Crippen LogP contribution is 2.24. The lowest BCUT2D eigenvalue weighted by Gasteiger charge is -2.16. The van der Waals surface area contributed by atoms with Crippen molar-refractivity contribution in [3.8, 4) is 6.07 Å². The second-order valence-electron chi connectivity index (χ2n) is 3.96. The normalized spacial score (nSPS) is 10.3. The summed E-state index contributed by atoms with van der Waals surface area (Å²) in [6.45, 7) is 0.605. The highest BCUT2D eigenvalue weighted by Gasteiger charge is 2.06. The summed E-state index contributed by atoms with van der Waals surface area (Å²) in [5.41, 5.74) is 0.608. The minimum atomic E-state index is -0.327. The SMILES string of the molecule is CN(CCC#N)c1ccc2cc(Br)c(F)cc2n1. The van der Waals surface area contributed by atoms with E-state index in [-0.39, 0.29) is 5.82 Å². The van der Waals surface area contributed by atoms with E-state index < -0.39 is 0 Å². The molecule has 0 N–H and O–H groups in total. The lowest BCUT2D eigenvalue weighted by atomic mass is 10.2. The molecule has 1 heterocycles. The van der Waals surface area contributed by atoms with Crippen LogP contribution in [0.1, 0.15) is 6.42 Å². The van der Waals surface area contributed by atoms with E-state index in [1.807, 2.05) is 24.1 Å². The molecule has 2 rings (SSSR count). The average Bonchev–Trinajstić information content (AvgIpc) is 2.36. The number of aromatic nitrogens is 1. The fourth-order valence-corrected chi connectivity index (χ4v) is 2.01. The molecule has 1 aromatic heterocycles. The molecular weight excluding hydrogens is 297 g/mol. The van der Waals surface area contributed by atoms with Crippen LogP contribution in [0.5, 0.6) is 0 Å². The Morgan fingerprint density at radius 2 is 2.22 bits per heavy atom. The molecule has 92 valence electrons. The zero-order valence-corrected chi connectivity index (χ0v) is 11.4. The number of pyridine rings is 1. The van der Waals surface area contributed by atoms with Crippen molar-refractivity contribution < 1.29 is 4.39 Å². The van der Waals surface area contributed by atoms with Crippen LogP contribution in [-0.4, -0.2) is 18.6 Å². The Morgan fingerprint density at radius 3 is 2.94 bits per heavy atom. The minimum Gasteiger partial charge on any atom is -0.359 e. The maximum absolute atomic E-state index is 13.4. The fourth-order valence-electron chi connectivity index (χ4n) is 1.65. The predicted molar refractivity (Wildman–Crippen MR) is 72.9 cm³/mol. The molecular formula is C13H11BrFN3. The third-order valence-electron chi connectivity index (χ3n) is 2.67. The molecule has 5 heteroatoms. The summed E-state index contributed by atoms with van der Waals surface area (Å²) in [6.07, 6.45) is 0.435. The van der Waals surface area contributed by atoms with Crippen LogP contribution >= 0.6 is 15.9 Å². The molecule has 18 heavy (non-hydrogen) atoms. The Balaban J connectivity index is 2.38. The van der Waals surface area contributed by atoms with E-state index >= 15 is 0 Å². The number of nitriles is 1. The van der Waals surface area contributed by atoms with Crippen molar-refractivity contribution in [1.82, 2.24) is 4.98 Å². The van der Waals surface area contributed by atoms with Gasteiger partial charge in [0.2, 0.25) is 0 Å². The summed E-state index contributed by atoms with van der Waals surface area (Å²) in [7, 11) is 1.86. The lowest BCUT2D eigenvalue weighted by molar-refractivity contribution is 0.623. The summed E-state index contributed by atoms with van der Waals surface area (Å²) in [4.78, 5) is 6.26. The molecule has 0 aliphatic rings. The number of nitrogens with zero attached hydrogens (tertiary/aromatic N) is 3. The van der Waals surface area contributed by atoms with E-state index in [4.69, 9.17) is 5.26 Å². The van der Waals surface area contributed by atoms with Gasteiger partial charge in [0, 0.05) is 25.0 Å². The Morgan fingerprint density at radius 1 is 1.44 bits per heavy atom. The summed E-state index contributed by atoms with van der Waals surface area (Å²) in [6, 6.07) is 8.95. The first-order valence-electron chi connectivity index (χ1n) is 5.45. The molecule has 1 aromatic carbocycles. The van der Waals surface area contributed by atoms with Crippen molar-refractivity contribution in [2.24, 2.45) is 0 Å². The molecule has 0 spiro atoms. The smallest absolute Gasteiger partial charge is 0.139 e. The van der Waals surface area contributed by atoms with Crippen LogP contribution in [-0.2, 0) is 0 Å². The summed E-state index contributed by atoms with van der Waals surface area (Å²) < 4.78 is 13.9. The molecule has 0 aliphatic carbocycles. The number of anilines is 1. The lowest BCUT2D eigenvalue weighted by Crippen LogP contribution is -2.19. The second-order valence-corrected chi connectivity index (χ2v) is 4.81. The van der Waals surface area contributed by atoms with Gasteiger partial charge in [-0.05, 0) is 34.1 Å². The number of hydrogen-bond donors (Lipinski definition) is 0. The highest BCUT2D eigenvalue weighted by atomic mass is 79.9. The number of rotatable bonds is 3. The van der Waals surface area contributed by atoms with E-state index in [0.29, 0.717) is 23.0 Å². The van der Waals surface area contributed by atoms with Crippen molar-refractivity contribution in [3.63, 3.8) is 0 Å². The van der Waals surface area contributed by atoms with Crippen molar-refractivity contribution in [1.29, 1.82) is 5.26 Å². The Bertz CT molecular complexity index is 621. The van der Waals surface area contributed by atoms with Gasteiger partial charge >= 0.3 is 0 Å². The Hall–Kier alpha value is -1.67. The zero-order valence-electron chi connectivity index (χ0n) is 9.82. The van der Waals surface area contributed by atoms with E-state index in [1.54, 1.807) is 6.07 Å². The van der Waals surface area contributed by atoms with Gasteiger partial charge in [0.1, 0.15) is 11.6 Å². The molecule has 0 bridgehead atoms. The molecule has 0 unspecified atom stereocenters. The molecule has 0 fully saturated rings. The van der Waals surface area contributed by atoms with Gasteiger partial charge in [0.25, 0.3) is 0 Å². The van der Waals surface area contributed by atoms with E-state index in [1.165, 1.54) is 6.07 Å². The quantitative estimate of drug-likeness (QED) is 0.871. The first-order chi connectivity index (χ1) is 8.61. The number of hydrogen-bond acceptors (Lipinski definition) is 3. The minimum absolute atomic E-state index is 0.327. The molecule has 0 radical (unpaired) electrons. The van der Waals surface area contributed by atoms with Crippen molar-refractivity contribution in [3.05, 3.63) is 34.6 Å². The Kier molecular flexibility index (Phi) is 3.78. The van der Waals surface area contributed by atoms with Gasteiger partial charge in [-0.1, -0.05) is 0 Å². The highest BCUT2D eigenvalue weighted by molar-refractivity contribution is 9.10. The Labute approximate surface area is 113 Å². The van der Waals surface area contributed by atoms with Crippen molar-refractivity contribution in [2.45, 2.75) is 6.42 Å². The third-order valence-corrected chi connectivity index (χ3v) is 3.27. The van der Waals surface area contributed by atoms with Gasteiger partial charge in [0.15, 0.2) is 0 Å². The van der Waals surface area contributed by atoms with Gasteiger partial charge in [-0.3, -0.25) is 0 Å². The summed E-state index contributed by atoms with van der Waals surface area (Å²) in [5, 5.41) is 9.42. The second kappa shape index (κ2) is 5.32. The molecule has 0 saturated carbocycles.